The summed E-state index contributed by atoms with van der Waals surface area (Å²) in [6.07, 6.45) is -11.3. The maximum absolute atomic E-state index is 14.6. The lowest BCUT2D eigenvalue weighted by Gasteiger charge is -2.38. The number of alkyl halides is 6. The van der Waals surface area contributed by atoms with E-state index in [1.54, 1.807) is 38.3 Å². The smallest absolute Gasteiger partial charge is 0.417 e. The number of primary amides is 1. The highest BCUT2D eigenvalue weighted by molar-refractivity contribution is 7.91. The van der Waals surface area contributed by atoms with E-state index in [0.29, 0.717) is 27.6 Å². The fourth-order valence-corrected chi connectivity index (χ4v) is 11.8. The van der Waals surface area contributed by atoms with Crippen LogP contribution in [0.2, 0.25) is 0 Å². The standard InChI is InChI=1S/C32H35F4N3O5S.C23H25F4N3O4S.C7H8O/c1-6-45(42,43)28-14-21-13-23(39-27(21)17-37-28)16-31(41,32(34,35)36)18-30(3,4)26-12-9-22(33)15-25(26)29(40)38-19(2)20-7-10-24(44-5)11-8-20;1-4-35(33,34)19-8-13-7-15(30-18(13)11-29-19)10-22(32,23(25,26)27)12-21(2,3)17-6-5-14(24)9-16(17)20(28)31;1-8-7-5-3-2-4-6-7/h7-15,17,19,39,41H,6,16,18H2,1-5H3,(H,38,40);5-9,11,30,32H,4,10,12H2,1-3H3,(H2,28,31);2-6H,1H3/t19-,31+;22-;/m01./s1. The van der Waals surface area contributed by atoms with Gasteiger partial charge >= 0.3 is 12.4 Å². The number of methoxy groups -OCH3 is 2. The number of rotatable bonds is 20. The van der Waals surface area contributed by atoms with E-state index in [2.05, 4.69) is 25.3 Å². The van der Waals surface area contributed by atoms with Crippen LogP contribution in [0.5, 0.6) is 11.5 Å². The molecule has 0 unspecified atom stereocenters. The molecule has 26 heteroatoms. The van der Waals surface area contributed by atoms with E-state index < -0.39 is 109 Å². The largest absolute Gasteiger partial charge is 0.497 e. The number of halogens is 8. The molecule has 0 aliphatic carbocycles. The molecule has 8 aromatic rings. The average Bonchev–Trinajstić information content (AvgIpc) is 1.39. The maximum Gasteiger partial charge on any atom is 0.417 e. The lowest BCUT2D eigenvalue weighted by molar-refractivity contribution is -0.266. The van der Waals surface area contributed by atoms with Crippen LogP contribution in [0.1, 0.15) is 116 Å². The number of nitrogens with zero attached hydrogens (tertiary/aromatic N) is 2. The molecule has 4 aromatic heterocycles. The summed E-state index contributed by atoms with van der Waals surface area (Å²) >= 11 is 0. The normalized spacial score (nSPS) is 14.1. The Labute approximate surface area is 503 Å². The van der Waals surface area contributed by atoms with E-state index in [1.807, 2.05) is 30.3 Å². The molecule has 7 N–H and O–H groups in total. The number of ether oxygens (including phenoxy) is 2. The maximum atomic E-state index is 14.6. The minimum absolute atomic E-state index is 0.00106. The quantitative estimate of drug-likeness (QED) is 0.0390. The highest BCUT2D eigenvalue weighted by Crippen LogP contribution is 2.46. The number of nitrogens with one attached hydrogen (secondary N) is 3. The van der Waals surface area contributed by atoms with Crippen LogP contribution in [0.25, 0.3) is 21.8 Å². The third-order valence-electron chi connectivity index (χ3n) is 14.8. The molecule has 474 valence electrons. The number of H-pyrrole nitrogens is 2. The molecule has 16 nitrogen and oxygen atoms in total. The highest BCUT2D eigenvalue weighted by Gasteiger charge is 2.57. The second-order valence-corrected chi connectivity index (χ2v) is 26.8. The van der Waals surface area contributed by atoms with Crippen LogP contribution >= 0.6 is 0 Å². The molecular weight excluding hydrogens is 1200 g/mol. The molecule has 0 radical (unpaired) electrons. The number of nitrogens with two attached hydrogens (primary N) is 1. The predicted octanol–water partition coefficient (Wildman–Crippen LogP) is 11.7. The van der Waals surface area contributed by atoms with Gasteiger partial charge in [-0.1, -0.05) is 84.0 Å². The van der Waals surface area contributed by atoms with Crippen LogP contribution in [0.4, 0.5) is 35.1 Å². The lowest BCUT2D eigenvalue weighted by atomic mass is 9.72. The number of para-hydroxylation sites is 1. The van der Waals surface area contributed by atoms with Crippen molar-refractivity contribution in [2.24, 2.45) is 5.73 Å². The number of hydrogen-bond acceptors (Lipinski definition) is 12. The number of benzene rings is 4. The van der Waals surface area contributed by atoms with Crippen molar-refractivity contribution >= 4 is 53.3 Å². The van der Waals surface area contributed by atoms with Gasteiger partial charge in [-0.15, -0.1) is 0 Å². The van der Waals surface area contributed by atoms with Crippen molar-refractivity contribution in [1.29, 1.82) is 0 Å². The first-order valence-electron chi connectivity index (χ1n) is 27.2. The fraction of sp³-hybridized carbons (Fsp3) is 0.355. The molecule has 4 heterocycles. The number of fused-ring (bicyclic) bond motifs is 2. The number of carbonyl (C=O) groups excluding carboxylic acids is 2. The first-order chi connectivity index (χ1) is 40.8. The highest BCUT2D eigenvalue weighted by atomic mass is 32.2. The van der Waals surface area contributed by atoms with Gasteiger partial charge in [-0.05, 0) is 120 Å². The number of aromatic nitrogens is 4. The number of aliphatic hydroxyl groups is 2. The minimum atomic E-state index is -5.11. The van der Waals surface area contributed by atoms with E-state index in [0.717, 1.165) is 35.6 Å². The van der Waals surface area contributed by atoms with Gasteiger partial charge in [0.1, 0.15) is 23.1 Å². The molecular formula is C62H68F8N6O10S2. The van der Waals surface area contributed by atoms with E-state index >= 15 is 0 Å². The van der Waals surface area contributed by atoms with Crippen molar-refractivity contribution in [3.8, 4) is 11.5 Å². The molecule has 2 amide bonds. The molecule has 3 atom stereocenters. The second-order valence-electron chi connectivity index (χ2n) is 22.4. The second kappa shape index (κ2) is 26.8. The van der Waals surface area contributed by atoms with Crippen molar-refractivity contribution in [3.63, 3.8) is 0 Å². The van der Waals surface area contributed by atoms with Gasteiger partial charge in [0.05, 0.1) is 55.2 Å². The number of pyridine rings is 2. The molecule has 0 fully saturated rings. The third-order valence-corrected chi connectivity index (χ3v) is 18.1. The number of sulfone groups is 2. The van der Waals surface area contributed by atoms with E-state index in [9.17, 15) is 71.8 Å². The summed E-state index contributed by atoms with van der Waals surface area (Å²) in [5.74, 6) is -2.10. The Kier molecular flexibility index (Phi) is 21.1. The van der Waals surface area contributed by atoms with Crippen LogP contribution in [0.15, 0.2) is 138 Å². The van der Waals surface area contributed by atoms with Crippen molar-refractivity contribution in [2.75, 3.05) is 25.7 Å². The molecule has 0 bridgehead atoms. The third kappa shape index (κ3) is 16.4. The lowest BCUT2D eigenvalue weighted by Crippen LogP contribution is -2.51. The zero-order valence-electron chi connectivity index (χ0n) is 49.4. The summed E-state index contributed by atoms with van der Waals surface area (Å²) in [6, 6.07) is 27.5. The fourth-order valence-electron chi connectivity index (χ4n) is 10.2. The Morgan fingerprint density at radius 1 is 0.602 bits per heavy atom. The number of carbonyl (C=O) groups is 2. The summed E-state index contributed by atoms with van der Waals surface area (Å²) in [5.41, 5.74) is -3.12. The van der Waals surface area contributed by atoms with Crippen molar-refractivity contribution in [2.45, 2.75) is 125 Å². The summed E-state index contributed by atoms with van der Waals surface area (Å²) in [7, 11) is -4.10. The van der Waals surface area contributed by atoms with Crippen LogP contribution in [-0.4, -0.2) is 108 Å². The Balaban J connectivity index is 0.000000254. The number of aromatic amines is 2. The first kappa shape index (κ1) is 69.2. The summed E-state index contributed by atoms with van der Waals surface area (Å²) in [6.45, 7) is 10.3. The topological polar surface area (TPSA) is 257 Å². The Morgan fingerprint density at radius 3 is 1.38 bits per heavy atom. The monoisotopic (exact) mass is 1270 g/mol. The van der Waals surface area contributed by atoms with Gasteiger partial charge in [-0.2, -0.15) is 26.3 Å². The minimum Gasteiger partial charge on any atom is -0.497 e. The van der Waals surface area contributed by atoms with E-state index in [-0.39, 0.29) is 55.2 Å². The van der Waals surface area contributed by atoms with Gasteiger partial charge in [-0.25, -0.2) is 35.6 Å². The van der Waals surface area contributed by atoms with E-state index in [1.165, 1.54) is 97.4 Å². The summed E-state index contributed by atoms with van der Waals surface area (Å²) < 4.78 is 173. The van der Waals surface area contributed by atoms with Gasteiger partial charge in [-0.3, -0.25) is 9.59 Å². The van der Waals surface area contributed by atoms with Gasteiger partial charge < -0.3 is 40.7 Å². The van der Waals surface area contributed by atoms with Gasteiger partial charge in [0.25, 0.3) is 5.91 Å². The first-order valence-corrected chi connectivity index (χ1v) is 30.5. The Morgan fingerprint density at radius 2 is 1.00 bits per heavy atom. The van der Waals surface area contributed by atoms with Gasteiger partial charge in [0.15, 0.2) is 40.9 Å². The Bertz CT molecular complexity index is 4010. The van der Waals surface area contributed by atoms with Gasteiger partial charge in [0, 0.05) is 46.1 Å². The molecule has 0 spiro atoms. The van der Waals surface area contributed by atoms with Gasteiger partial charge in [0.2, 0.25) is 5.91 Å². The van der Waals surface area contributed by atoms with Crippen molar-refractivity contribution in [3.05, 3.63) is 178 Å². The average molecular weight is 1270 g/mol. The van der Waals surface area contributed by atoms with Crippen molar-refractivity contribution < 1.29 is 81.2 Å². The summed E-state index contributed by atoms with van der Waals surface area (Å²) in [5, 5.41) is 25.1. The predicted molar refractivity (Wildman–Crippen MR) is 316 cm³/mol. The SMILES string of the molecule is CCS(=O)(=O)c1cc2cc(C[C@@](O)(CC(C)(C)c3ccc(F)cc3C(=O)N[C@@H](C)c3ccc(OC)cc3)C(F)(F)F)[nH]c2cn1.CCS(=O)(=O)c1cc2cc(C[C@@](O)(CC(C)(C)c3ccc(F)cc3C(N)=O)C(F)(F)F)[nH]c2cn1.COc1ccccc1. The zero-order chi connectivity index (χ0) is 65.6. The molecule has 0 aliphatic rings. The molecule has 0 saturated carbocycles. The van der Waals surface area contributed by atoms with Crippen molar-refractivity contribution in [1.82, 2.24) is 25.3 Å². The number of hydrogen-bond donors (Lipinski definition) is 6. The van der Waals surface area contributed by atoms with Crippen LogP contribution in [0, 0.1) is 11.6 Å². The van der Waals surface area contributed by atoms with Crippen LogP contribution in [0.3, 0.4) is 0 Å². The van der Waals surface area contributed by atoms with Crippen LogP contribution in [-0.2, 0) is 43.3 Å². The van der Waals surface area contributed by atoms with E-state index in [4.69, 9.17) is 15.2 Å². The van der Waals surface area contributed by atoms with Crippen LogP contribution < -0.4 is 20.5 Å². The zero-order valence-corrected chi connectivity index (χ0v) is 51.0. The molecule has 4 aromatic carbocycles. The molecule has 0 saturated heterocycles. The molecule has 0 aliphatic heterocycles. The number of amides is 2. The molecule has 8 rings (SSSR count). The molecule has 88 heavy (non-hydrogen) atoms. The summed E-state index contributed by atoms with van der Waals surface area (Å²) in [4.78, 5) is 38.5. The Hall–Kier alpha value is -7.94.